The molecule has 6 heteroatoms. The number of nitrogens with one attached hydrogen (secondary N) is 1. The monoisotopic (exact) mass is 221 g/mol. The zero-order valence-corrected chi connectivity index (χ0v) is 7.86. The quantitative estimate of drug-likeness (QED) is 0.777. The van der Waals surface area contributed by atoms with E-state index in [1.54, 1.807) is 0 Å². The fourth-order valence-corrected chi connectivity index (χ4v) is 1.20. The van der Waals surface area contributed by atoms with Gasteiger partial charge in [-0.3, -0.25) is 9.59 Å². The molecular formula is C8H6ClF2NO2. The normalized spacial score (nSPS) is 10.6. The Kier molecular flexibility index (Phi) is 3.00. The molecule has 0 aliphatic heterocycles. The van der Waals surface area contributed by atoms with E-state index in [0.29, 0.717) is 0 Å². The van der Waals surface area contributed by atoms with Crippen molar-refractivity contribution in [1.29, 1.82) is 0 Å². The van der Waals surface area contributed by atoms with E-state index in [0.717, 1.165) is 6.07 Å². The lowest BCUT2D eigenvalue weighted by Crippen LogP contribution is -2.16. The Labute approximate surface area is 82.7 Å². The molecule has 76 valence electrons. The van der Waals surface area contributed by atoms with E-state index in [-0.39, 0.29) is 11.3 Å². The molecule has 1 rings (SSSR count). The van der Waals surface area contributed by atoms with E-state index in [1.165, 1.54) is 6.92 Å². The lowest BCUT2D eigenvalue weighted by Gasteiger charge is -2.03. The maximum atomic E-state index is 12.2. The SMILES string of the molecule is Cc1[nH]c(=O)c(C(F)F)cc1C(=O)Cl. The van der Waals surface area contributed by atoms with Gasteiger partial charge in [-0.05, 0) is 24.6 Å². The molecule has 1 aromatic rings. The largest absolute Gasteiger partial charge is 0.325 e. The maximum absolute atomic E-state index is 12.2. The predicted molar refractivity (Wildman–Crippen MR) is 46.9 cm³/mol. The molecule has 0 saturated carbocycles. The number of halogens is 3. The van der Waals surface area contributed by atoms with E-state index in [9.17, 15) is 18.4 Å². The first kappa shape index (κ1) is 10.8. The lowest BCUT2D eigenvalue weighted by atomic mass is 10.1. The summed E-state index contributed by atoms with van der Waals surface area (Å²) >= 11 is 5.13. The molecule has 0 unspecified atom stereocenters. The molecule has 0 fully saturated rings. The Morgan fingerprint density at radius 1 is 1.57 bits per heavy atom. The summed E-state index contributed by atoms with van der Waals surface area (Å²) in [5.74, 6) is 0. The number of hydrogen-bond donors (Lipinski definition) is 1. The predicted octanol–water partition coefficient (Wildman–Crippen LogP) is 2.00. The molecule has 0 radical (unpaired) electrons. The molecule has 1 heterocycles. The van der Waals surface area contributed by atoms with E-state index in [1.807, 2.05) is 0 Å². The number of aryl methyl sites for hydroxylation is 1. The van der Waals surface area contributed by atoms with E-state index in [4.69, 9.17) is 11.6 Å². The van der Waals surface area contributed by atoms with Crippen molar-refractivity contribution < 1.29 is 13.6 Å². The fourth-order valence-electron chi connectivity index (χ4n) is 1.01. The number of aromatic amines is 1. The van der Waals surface area contributed by atoms with Crippen LogP contribution in [0.1, 0.15) is 28.0 Å². The average molecular weight is 222 g/mol. The second-order valence-corrected chi connectivity index (χ2v) is 3.01. The Morgan fingerprint density at radius 2 is 2.14 bits per heavy atom. The summed E-state index contributed by atoms with van der Waals surface area (Å²) in [6.45, 7) is 1.41. The van der Waals surface area contributed by atoms with Crippen LogP contribution in [0.15, 0.2) is 10.9 Å². The number of carbonyl (C=O) groups excluding carboxylic acids is 1. The summed E-state index contributed by atoms with van der Waals surface area (Å²) in [5.41, 5.74) is -1.58. The average Bonchev–Trinajstić information content (AvgIpc) is 2.02. The number of pyridine rings is 1. The van der Waals surface area contributed by atoms with Gasteiger partial charge in [-0.1, -0.05) is 0 Å². The highest BCUT2D eigenvalue weighted by molar-refractivity contribution is 6.67. The summed E-state index contributed by atoms with van der Waals surface area (Å²) < 4.78 is 24.5. The van der Waals surface area contributed by atoms with Crippen molar-refractivity contribution in [2.24, 2.45) is 0 Å². The summed E-state index contributed by atoms with van der Waals surface area (Å²) in [5, 5.41) is -0.874. The maximum Gasteiger partial charge on any atom is 0.269 e. The van der Waals surface area contributed by atoms with E-state index in [2.05, 4.69) is 4.98 Å². The third-order valence-electron chi connectivity index (χ3n) is 1.71. The standard InChI is InChI=1S/C8H6ClF2NO2/c1-3-4(6(9)13)2-5(7(10)11)8(14)12-3/h2,7H,1H3,(H,12,14). The number of rotatable bonds is 2. The number of carbonyl (C=O) groups is 1. The minimum absolute atomic E-state index is 0.110. The van der Waals surface area contributed by atoms with Gasteiger partial charge in [0.1, 0.15) is 0 Å². The van der Waals surface area contributed by atoms with Crippen molar-refractivity contribution in [3.63, 3.8) is 0 Å². The van der Waals surface area contributed by atoms with Crippen LogP contribution in [0.5, 0.6) is 0 Å². The summed E-state index contributed by atoms with van der Waals surface area (Å²) in [6.07, 6.45) is -2.92. The van der Waals surface area contributed by atoms with Crippen molar-refractivity contribution in [1.82, 2.24) is 4.98 Å². The highest BCUT2D eigenvalue weighted by atomic mass is 35.5. The molecule has 0 aliphatic rings. The highest BCUT2D eigenvalue weighted by Crippen LogP contribution is 2.17. The first-order valence-corrected chi connectivity index (χ1v) is 4.03. The second-order valence-electron chi connectivity index (χ2n) is 2.67. The molecule has 0 bridgehead atoms. The summed E-state index contributed by atoms with van der Waals surface area (Å²) in [6, 6.07) is 0.814. The second kappa shape index (κ2) is 3.88. The topological polar surface area (TPSA) is 49.9 Å². The lowest BCUT2D eigenvalue weighted by molar-refractivity contribution is 0.107. The zero-order valence-electron chi connectivity index (χ0n) is 7.11. The van der Waals surface area contributed by atoms with Gasteiger partial charge in [0.25, 0.3) is 17.2 Å². The zero-order chi connectivity index (χ0) is 10.9. The van der Waals surface area contributed by atoms with Crippen LogP contribution in [0, 0.1) is 6.92 Å². The molecule has 1 N–H and O–H groups in total. The number of aromatic nitrogens is 1. The van der Waals surface area contributed by atoms with Gasteiger partial charge < -0.3 is 4.98 Å². The van der Waals surface area contributed by atoms with Gasteiger partial charge in [-0.15, -0.1) is 0 Å². The van der Waals surface area contributed by atoms with Crippen molar-refractivity contribution in [3.05, 3.63) is 33.2 Å². The molecular weight excluding hydrogens is 216 g/mol. The smallest absolute Gasteiger partial charge is 0.269 e. The Balaban J connectivity index is 3.42. The Bertz CT molecular complexity index is 428. The molecule has 0 amide bonds. The third-order valence-corrected chi connectivity index (χ3v) is 1.92. The molecule has 0 spiro atoms. The van der Waals surface area contributed by atoms with Crippen LogP contribution in [0.25, 0.3) is 0 Å². The Morgan fingerprint density at radius 3 is 2.57 bits per heavy atom. The molecule has 0 saturated heterocycles. The van der Waals surface area contributed by atoms with Crippen molar-refractivity contribution in [2.75, 3.05) is 0 Å². The fraction of sp³-hybridized carbons (Fsp3) is 0.250. The Hall–Kier alpha value is -1.23. The molecule has 1 aromatic heterocycles. The molecule has 0 aliphatic carbocycles. The first-order valence-electron chi connectivity index (χ1n) is 3.65. The molecule has 14 heavy (non-hydrogen) atoms. The van der Waals surface area contributed by atoms with Crippen LogP contribution in [0.3, 0.4) is 0 Å². The summed E-state index contributed by atoms with van der Waals surface area (Å²) in [7, 11) is 0. The van der Waals surface area contributed by atoms with Crippen LogP contribution in [-0.2, 0) is 0 Å². The highest BCUT2D eigenvalue weighted by Gasteiger charge is 2.16. The van der Waals surface area contributed by atoms with Crippen molar-refractivity contribution in [2.45, 2.75) is 13.3 Å². The van der Waals surface area contributed by atoms with Crippen LogP contribution in [0.2, 0.25) is 0 Å². The van der Waals surface area contributed by atoms with Gasteiger partial charge in [-0.2, -0.15) is 0 Å². The van der Waals surface area contributed by atoms with E-state index < -0.39 is 22.8 Å². The molecule has 0 atom stereocenters. The van der Waals surface area contributed by atoms with Gasteiger partial charge in [0.2, 0.25) is 0 Å². The number of hydrogen-bond acceptors (Lipinski definition) is 2. The van der Waals surface area contributed by atoms with Gasteiger partial charge in [0.15, 0.2) is 0 Å². The minimum atomic E-state index is -2.92. The number of alkyl halides is 2. The molecule has 0 aromatic carbocycles. The van der Waals surface area contributed by atoms with Gasteiger partial charge in [0.05, 0.1) is 11.1 Å². The van der Waals surface area contributed by atoms with Gasteiger partial charge in [-0.25, -0.2) is 8.78 Å². The van der Waals surface area contributed by atoms with Crippen LogP contribution >= 0.6 is 11.6 Å². The summed E-state index contributed by atoms with van der Waals surface area (Å²) in [4.78, 5) is 23.8. The molecule has 3 nitrogen and oxygen atoms in total. The minimum Gasteiger partial charge on any atom is -0.325 e. The van der Waals surface area contributed by atoms with E-state index >= 15 is 0 Å². The number of H-pyrrole nitrogens is 1. The first-order chi connectivity index (χ1) is 6.43. The van der Waals surface area contributed by atoms with Crippen LogP contribution < -0.4 is 5.56 Å². The van der Waals surface area contributed by atoms with Crippen molar-refractivity contribution >= 4 is 16.8 Å². The third kappa shape index (κ3) is 1.98. The van der Waals surface area contributed by atoms with Crippen LogP contribution in [0.4, 0.5) is 8.78 Å². The van der Waals surface area contributed by atoms with Gasteiger partial charge in [0, 0.05) is 5.69 Å². The van der Waals surface area contributed by atoms with Crippen molar-refractivity contribution in [3.8, 4) is 0 Å². The van der Waals surface area contributed by atoms with Crippen LogP contribution in [-0.4, -0.2) is 10.2 Å². The van der Waals surface area contributed by atoms with Gasteiger partial charge >= 0.3 is 0 Å².